The van der Waals surface area contributed by atoms with Crippen molar-refractivity contribution in [2.75, 3.05) is 37.8 Å². The first-order valence-corrected chi connectivity index (χ1v) is 6.90. The number of nitrogens with two attached hydrogens (primary N) is 1. The van der Waals surface area contributed by atoms with E-state index in [1.807, 2.05) is 6.07 Å². The summed E-state index contributed by atoms with van der Waals surface area (Å²) in [4.78, 5) is 4.58. The monoisotopic (exact) mass is 287 g/mol. The van der Waals surface area contributed by atoms with Gasteiger partial charge in [0.1, 0.15) is 0 Å². The van der Waals surface area contributed by atoms with Crippen LogP contribution in [0.4, 0.5) is 11.4 Å². The number of benzene rings is 1. The number of anilines is 2. The van der Waals surface area contributed by atoms with Crippen LogP contribution in [0.5, 0.6) is 0 Å². The zero-order valence-electron chi connectivity index (χ0n) is 10.8. The maximum absolute atomic E-state index is 6.06. The highest BCUT2D eigenvalue weighted by Crippen LogP contribution is 2.34. The molecule has 1 fully saturated rings. The van der Waals surface area contributed by atoms with Crippen LogP contribution < -0.4 is 10.6 Å². The summed E-state index contributed by atoms with van der Waals surface area (Å²) in [6, 6.07) is 4.26. The van der Waals surface area contributed by atoms with E-state index in [1.165, 1.54) is 0 Å². The molecule has 1 aliphatic heterocycles. The van der Waals surface area contributed by atoms with Crippen molar-refractivity contribution in [3.63, 3.8) is 0 Å². The molecule has 0 spiro atoms. The predicted molar refractivity (Wildman–Crippen MR) is 79.8 cm³/mol. The van der Waals surface area contributed by atoms with Crippen molar-refractivity contribution >= 4 is 34.6 Å². The Kier molecular flexibility index (Phi) is 4.25. The molecule has 0 unspecified atom stereocenters. The molecule has 0 saturated carbocycles. The second kappa shape index (κ2) is 5.55. The van der Waals surface area contributed by atoms with Crippen molar-refractivity contribution in [2.45, 2.75) is 18.9 Å². The molecule has 0 atom stereocenters. The molecule has 0 radical (unpaired) electrons. The zero-order valence-corrected chi connectivity index (χ0v) is 12.3. The lowest BCUT2D eigenvalue weighted by Crippen LogP contribution is -2.42. The SMILES string of the molecule is CN(C)C1CCN(c2cc(Cl)c(Cl)cc2N)CC1. The summed E-state index contributed by atoms with van der Waals surface area (Å²) in [7, 11) is 4.27. The Morgan fingerprint density at radius 3 is 2.28 bits per heavy atom. The molecule has 5 heteroatoms. The molecule has 0 aromatic heterocycles. The average molecular weight is 288 g/mol. The van der Waals surface area contributed by atoms with Crippen molar-refractivity contribution in [1.29, 1.82) is 0 Å². The van der Waals surface area contributed by atoms with Gasteiger partial charge in [0.05, 0.1) is 21.4 Å². The van der Waals surface area contributed by atoms with Gasteiger partial charge in [0.2, 0.25) is 0 Å². The summed E-state index contributed by atoms with van der Waals surface area (Å²) in [6.45, 7) is 2.01. The van der Waals surface area contributed by atoms with Gasteiger partial charge < -0.3 is 15.5 Å². The highest BCUT2D eigenvalue weighted by atomic mass is 35.5. The number of nitrogen functional groups attached to an aromatic ring is 1. The van der Waals surface area contributed by atoms with Gasteiger partial charge in [0.25, 0.3) is 0 Å². The van der Waals surface area contributed by atoms with Crippen LogP contribution in [0.3, 0.4) is 0 Å². The van der Waals surface area contributed by atoms with Gasteiger partial charge in [-0.1, -0.05) is 23.2 Å². The van der Waals surface area contributed by atoms with Crippen LogP contribution in [-0.2, 0) is 0 Å². The number of hydrogen-bond acceptors (Lipinski definition) is 3. The summed E-state index contributed by atoms with van der Waals surface area (Å²) in [5.74, 6) is 0. The minimum atomic E-state index is 0.515. The standard InChI is InChI=1S/C13H19Cl2N3/c1-17(2)9-3-5-18(6-4-9)13-8-11(15)10(14)7-12(13)16/h7-9H,3-6,16H2,1-2H3. The van der Waals surface area contributed by atoms with Gasteiger partial charge in [-0.3, -0.25) is 0 Å². The van der Waals surface area contributed by atoms with E-state index < -0.39 is 0 Å². The van der Waals surface area contributed by atoms with Gasteiger partial charge in [-0.2, -0.15) is 0 Å². The van der Waals surface area contributed by atoms with Crippen LogP contribution >= 0.6 is 23.2 Å². The van der Waals surface area contributed by atoms with Crippen LogP contribution in [0.1, 0.15) is 12.8 Å². The van der Waals surface area contributed by atoms with Crippen molar-refractivity contribution in [3.8, 4) is 0 Å². The lowest BCUT2D eigenvalue weighted by Gasteiger charge is -2.37. The summed E-state index contributed by atoms with van der Waals surface area (Å²) < 4.78 is 0. The predicted octanol–water partition coefficient (Wildman–Crippen LogP) is 3.11. The van der Waals surface area contributed by atoms with Gasteiger partial charge in [-0.05, 0) is 39.1 Å². The van der Waals surface area contributed by atoms with E-state index in [9.17, 15) is 0 Å². The quantitative estimate of drug-likeness (QED) is 0.849. The Hall–Kier alpha value is -0.640. The highest BCUT2D eigenvalue weighted by Gasteiger charge is 2.22. The molecule has 100 valence electrons. The van der Waals surface area contributed by atoms with Crippen molar-refractivity contribution in [2.24, 2.45) is 0 Å². The molecule has 1 heterocycles. The van der Waals surface area contributed by atoms with Gasteiger partial charge >= 0.3 is 0 Å². The number of halogens is 2. The van der Waals surface area contributed by atoms with E-state index in [0.29, 0.717) is 21.8 Å². The van der Waals surface area contributed by atoms with Gasteiger partial charge in [0.15, 0.2) is 0 Å². The van der Waals surface area contributed by atoms with Gasteiger partial charge in [0, 0.05) is 19.1 Å². The maximum Gasteiger partial charge on any atom is 0.0615 e. The van der Waals surface area contributed by atoms with E-state index in [0.717, 1.165) is 31.6 Å². The Balaban J connectivity index is 2.12. The Labute approximate surface area is 118 Å². The zero-order chi connectivity index (χ0) is 13.3. The summed E-state index contributed by atoms with van der Waals surface area (Å²) >= 11 is 12.0. The maximum atomic E-state index is 6.06. The Bertz CT molecular complexity index is 426. The molecule has 1 saturated heterocycles. The second-order valence-electron chi connectivity index (χ2n) is 5.01. The highest BCUT2D eigenvalue weighted by molar-refractivity contribution is 6.42. The van der Waals surface area contributed by atoms with Crippen molar-refractivity contribution < 1.29 is 0 Å². The minimum absolute atomic E-state index is 0.515. The van der Waals surface area contributed by atoms with E-state index in [-0.39, 0.29) is 0 Å². The van der Waals surface area contributed by atoms with E-state index in [2.05, 4.69) is 23.9 Å². The molecule has 0 bridgehead atoms. The normalized spacial score (nSPS) is 17.5. The molecular weight excluding hydrogens is 269 g/mol. The van der Waals surface area contributed by atoms with Gasteiger partial charge in [-0.25, -0.2) is 0 Å². The molecule has 3 nitrogen and oxygen atoms in total. The average Bonchev–Trinajstić information content (AvgIpc) is 2.34. The number of nitrogens with zero attached hydrogens (tertiary/aromatic N) is 2. The molecule has 0 aliphatic carbocycles. The Morgan fingerprint density at radius 1 is 1.17 bits per heavy atom. The van der Waals surface area contributed by atoms with E-state index in [4.69, 9.17) is 28.9 Å². The summed E-state index contributed by atoms with van der Waals surface area (Å²) in [6.07, 6.45) is 2.29. The topological polar surface area (TPSA) is 32.5 Å². The minimum Gasteiger partial charge on any atom is -0.397 e. The van der Waals surface area contributed by atoms with E-state index in [1.54, 1.807) is 6.07 Å². The number of piperidine rings is 1. The third kappa shape index (κ3) is 2.85. The smallest absolute Gasteiger partial charge is 0.0615 e. The summed E-state index contributed by atoms with van der Waals surface area (Å²) in [5.41, 5.74) is 7.72. The molecular formula is C13H19Cl2N3. The molecule has 1 aliphatic rings. The van der Waals surface area contributed by atoms with Crippen LogP contribution in [0.15, 0.2) is 12.1 Å². The molecule has 2 rings (SSSR count). The lowest BCUT2D eigenvalue weighted by atomic mass is 10.0. The van der Waals surface area contributed by atoms with E-state index >= 15 is 0 Å². The fourth-order valence-corrected chi connectivity index (χ4v) is 2.78. The van der Waals surface area contributed by atoms with Crippen LogP contribution in [-0.4, -0.2) is 38.1 Å². The number of hydrogen-bond donors (Lipinski definition) is 1. The van der Waals surface area contributed by atoms with Crippen LogP contribution in [0.25, 0.3) is 0 Å². The van der Waals surface area contributed by atoms with Crippen LogP contribution in [0, 0.1) is 0 Å². The third-order valence-electron chi connectivity index (χ3n) is 3.61. The molecule has 1 aromatic rings. The fourth-order valence-electron chi connectivity index (χ4n) is 2.45. The number of rotatable bonds is 2. The first-order valence-electron chi connectivity index (χ1n) is 6.15. The molecule has 0 amide bonds. The lowest BCUT2D eigenvalue weighted by molar-refractivity contribution is 0.250. The molecule has 18 heavy (non-hydrogen) atoms. The molecule has 1 aromatic carbocycles. The van der Waals surface area contributed by atoms with Crippen LogP contribution in [0.2, 0.25) is 10.0 Å². The first kappa shape index (κ1) is 13.8. The first-order chi connectivity index (χ1) is 8.49. The largest absolute Gasteiger partial charge is 0.397 e. The third-order valence-corrected chi connectivity index (χ3v) is 4.33. The van der Waals surface area contributed by atoms with Gasteiger partial charge in [-0.15, -0.1) is 0 Å². The Morgan fingerprint density at radius 2 is 1.72 bits per heavy atom. The van der Waals surface area contributed by atoms with Crippen molar-refractivity contribution in [1.82, 2.24) is 4.90 Å². The second-order valence-corrected chi connectivity index (χ2v) is 5.82. The molecule has 2 N–H and O–H groups in total. The van der Waals surface area contributed by atoms with Crippen molar-refractivity contribution in [3.05, 3.63) is 22.2 Å². The fraction of sp³-hybridized carbons (Fsp3) is 0.538. The summed E-state index contributed by atoms with van der Waals surface area (Å²) in [5, 5.41) is 1.08.